The average molecular weight is 334 g/mol. The maximum atomic E-state index is 12.5. The predicted octanol–water partition coefficient (Wildman–Crippen LogP) is 1.22. The first-order valence-corrected chi connectivity index (χ1v) is 8.75. The van der Waals surface area contributed by atoms with Gasteiger partial charge in [-0.1, -0.05) is 0 Å². The van der Waals surface area contributed by atoms with E-state index in [9.17, 15) is 9.59 Å². The lowest BCUT2D eigenvalue weighted by atomic mass is 9.84. The summed E-state index contributed by atoms with van der Waals surface area (Å²) in [5.41, 5.74) is 6.72. The zero-order chi connectivity index (χ0) is 17.1. The standard InChI is InChI=1S/C17H26N4O3/c1-24-12-5-2-11(3-6-12)4-7-15(22)21-9-8-13-14(10-21)19-17(18)20-16(13)23/h11-12H,2-10H2,1H3,(H3,18,19,20,23). The number of anilines is 1. The molecular formula is C17H26N4O3. The summed E-state index contributed by atoms with van der Waals surface area (Å²) in [4.78, 5) is 32.9. The van der Waals surface area contributed by atoms with Crippen molar-refractivity contribution in [2.24, 2.45) is 5.92 Å². The molecule has 0 atom stereocenters. The first-order chi connectivity index (χ1) is 11.6. The van der Waals surface area contributed by atoms with Crippen molar-refractivity contribution in [1.29, 1.82) is 0 Å². The molecule has 7 heteroatoms. The summed E-state index contributed by atoms with van der Waals surface area (Å²) in [5.74, 6) is 0.882. The molecule has 7 nitrogen and oxygen atoms in total. The molecule has 1 aliphatic heterocycles. The SMILES string of the molecule is COC1CCC(CCC(=O)N2CCc3c(nc(N)[nH]c3=O)C2)CC1. The van der Waals surface area contributed by atoms with Gasteiger partial charge in [0.15, 0.2) is 0 Å². The van der Waals surface area contributed by atoms with Gasteiger partial charge in [0.1, 0.15) is 0 Å². The van der Waals surface area contributed by atoms with E-state index in [2.05, 4.69) is 9.97 Å². The summed E-state index contributed by atoms with van der Waals surface area (Å²) in [6.07, 6.45) is 6.91. The highest BCUT2D eigenvalue weighted by atomic mass is 16.5. The van der Waals surface area contributed by atoms with Crippen LogP contribution in [-0.4, -0.2) is 40.5 Å². The highest BCUT2D eigenvalue weighted by molar-refractivity contribution is 5.76. The number of methoxy groups -OCH3 is 1. The number of rotatable bonds is 4. The van der Waals surface area contributed by atoms with Gasteiger partial charge < -0.3 is 15.4 Å². The molecule has 0 spiro atoms. The molecule has 1 aliphatic carbocycles. The molecule has 0 bridgehead atoms. The first kappa shape index (κ1) is 17.0. The zero-order valence-corrected chi connectivity index (χ0v) is 14.2. The van der Waals surface area contributed by atoms with Gasteiger partial charge in [0.05, 0.1) is 18.3 Å². The Bertz CT molecular complexity index is 650. The summed E-state index contributed by atoms with van der Waals surface area (Å²) in [5, 5.41) is 0. The molecule has 2 aliphatic rings. The van der Waals surface area contributed by atoms with Crippen LogP contribution < -0.4 is 11.3 Å². The number of carbonyl (C=O) groups excluding carboxylic acids is 1. The Morgan fingerprint density at radius 3 is 2.83 bits per heavy atom. The van der Waals surface area contributed by atoms with Crippen molar-refractivity contribution in [3.8, 4) is 0 Å². The third-order valence-corrected chi connectivity index (χ3v) is 5.34. The van der Waals surface area contributed by atoms with Crippen LogP contribution in [0.5, 0.6) is 0 Å². The van der Waals surface area contributed by atoms with Crippen LogP contribution in [0.4, 0.5) is 5.95 Å². The summed E-state index contributed by atoms with van der Waals surface area (Å²) in [6.45, 7) is 0.968. The van der Waals surface area contributed by atoms with E-state index in [1.165, 1.54) is 0 Å². The second-order valence-electron chi connectivity index (χ2n) is 6.86. The Morgan fingerprint density at radius 1 is 1.38 bits per heavy atom. The fourth-order valence-electron chi connectivity index (χ4n) is 3.81. The fraction of sp³-hybridized carbons (Fsp3) is 0.706. The van der Waals surface area contributed by atoms with Gasteiger partial charge in [-0.3, -0.25) is 14.6 Å². The number of hydrogen-bond acceptors (Lipinski definition) is 5. The van der Waals surface area contributed by atoms with Crippen LogP contribution in [0, 0.1) is 5.92 Å². The fourth-order valence-corrected chi connectivity index (χ4v) is 3.81. The van der Waals surface area contributed by atoms with E-state index in [1.54, 1.807) is 12.0 Å². The van der Waals surface area contributed by atoms with Crippen LogP contribution in [0.2, 0.25) is 0 Å². The number of hydrogen-bond donors (Lipinski definition) is 2. The molecule has 0 unspecified atom stereocenters. The molecule has 1 aromatic rings. The molecule has 1 amide bonds. The van der Waals surface area contributed by atoms with E-state index in [0.29, 0.717) is 49.2 Å². The lowest BCUT2D eigenvalue weighted by Gasteiger charge is -2.30. The molecule has 3 N–H and O–H groups in total. The highest BCUT2D eigenvalue weighted by Gasteiger charge is 2.26. The lowest BCUT2D eigenvalue weighted by Crippen LogP contribution is -2.39. The number of aromatic nitrogens is 2. The smallest absolute Gasteiger partial charge is 0.255 e. The molecule has 1 fully saturated rings. The number of nitrogen functional groups attached to an aromatic ring is 1. The van der Waals surface area contributed by atoms with E-state index < -0.39 is 0 Å². The van der Waals surface area contributed by atoms with E-state index >= 15 is 0 Å². The summed E-state index contributed by atoms with van der Waals surface area (Å²) in [6, 6.07) is 0. The Balaban J connectivity index is 1.52. The van der Waals surface area contributed by atoms with Gasteiger partial charge in [0.25, 0.3) is 5.56 Å². The van der Waals surface area contributed by atoms with Crippen LogP contribution in [0.25, 0.3) is 0 Å². The number of amides is 1. The zero-order valence-electron chi connectivity index (χ0n) is 14.2. The van der Waals surface area contributed by atoms with Crippen LogP contribution >= 0.6 is 0 Å². The average Bonchev–Trinajstić information content (AvgIpc) is 2.59. The molecule has 0 aromatic carbocycles. The summed E-state index contributed by atoms with van der Waals surface area (Å²) < 4.78 is 5.39. The van der Waals surface area contributed by atoms with Gasteiger partial charge in [-0.25, -0.2) is 4.98 Å². The van der Waals surface area contributed by atoms with Crippen molar-refractivity contribution in [3.05, 3.63) is 21.6 Å². The van der Waals surface area contributed by atoms with Gasteiger partial charge in [0.2, 0.25) is 11.9 Å². The third kappa shape index (κ3) is 3.77. The number of nitrogens with zero attached hydrogens (tertiary/aromatic N) is 2. The normalized spacial score (nSPS) is 23.8. The minimum absolute atomic E-state index is 0.114. The number of fused-ring (bicyclic) bond motifs is 1. The van der Waals surface area contributed by atoms with Crippen LogP contribution in [0.3, 0.4) is 0 Å². The molecule has 1 aromatic heterocycles. The molecule has 2 heterocycles. The minimum Gasteiger partial charge on any atom is -0.381 e. The van der Waals surface area contributed by atoms with Crippen molar-refractivity contribution >= 4 is 11.9 Å². The maximum absolute atomic E-state index is 12.5. The number of nitrogens with two attached hydrogens (primary N) is 1. The Kier molecular flexibility index (Phi) is 5.18. The van der Waals surface area contributed by atoms with Crippen molar-refractivity contribution in [2.45, 2.75) is 57.6 Å². The summed E-state index contributed by atoms with van der Waals surface area (Å²) >= 11 is 0. The first-order valence-electron chi connectivity index (χ1n) is 8.75. The van der Waals surface area contributed by atoms with E-state index in [-0.39, 0.29) is 17.4 Å². The molecule has 1 saturated carbocycles. The lowest BCUT2D eigenvalue weighted by molar-refractivity contribution is -0.132. The highest BCUT2D eigenvalue weighted by Crippen LogP contribution is 2.29. The van der Waals surface area contributed by atoms with E-state index in [4.69, 9.17) is 10.5 Å². The predicted molar refractivity (Wildman–Crippen MR) is 90.4 cm³/mol. The molecular weight excluding hydrogens is 308 g/mol. The Labute approximate surface area is 141 Å². The van der Waals surface area contributed by atoms with E-state index in [0.717, 1.165) is 32.1 Å². The number of aromatic amines is 1. The second-order valence-corrected chi connectivity index (χ2v) is 6.86. The molecule has 0 radical (unpaired) electrons. The van der Waals surface area contributed by atoms with Crippen molar-refractivity contribution in [2.75, 3.05) is 19.4 Å². The Morgan fingerprint density at radius 2 is 2.12 bits per heavy atom. The van der Waals surface area contributed by atoms with Crippen molar-refractivity contribution in [3.63, 3.8) is 0 Å². The van der Waals surface area contributed by atoms with Gasteiger partial charge in [-0.15, -0.1) is 0 Å². The molecule has 24 heavy (non-hydrogen) atoms. The van der Waals surface area contributed by atoms with Crippen molar-refractivity contribution in [1.82, 2.24) is 14.9 Å². The largest absolute Gasteiger partial charge is 0.381 e. The van der Waals surface area contributed by atoms with Crippen molar-refractivity contribution < 1.29 is 9.53 Å². The minimum atomic E-state index is -0.181. The van der Waals surface area contributed by atoms with Crippen LogP contribution in [-0.2, 0) is 22.5 Å². The molecule has 3 rings (SSSR count). The third-order valence-electron chi connectivity index (χ3n) is 5.34. The topological polar surface area (TPSA) is 101 Å². The summed E-state index contributed by atoms with van der Waals surface area (Å²) in [7, 11) is 1.77. The number of ether oxygens (including phenoxy) is 1. The number of carbonyl (C=O) groups is 1. The Hall–Kier alpha value is -1.89. The molecule has 132 valence electrons. The maximum Gasteiger partial charge on any atom is 0.255 e. The van der Waals surface area contributed by atoms with Gasteiger partial charge in [-0.05, 0) is 44.4 Å². The second kappa shape index (κ2) is 7.34. The van der Waals surface area contributed by atoms with E-state index in [1.807, 2.05) is 0 Å². The van der Waals surface area contributed by atoms with Crippen LogP contribution in [0.1, 0.15) is 49.8 Å². The van der Waals surface area contributed by atoms with Gasteiger partial charge in [0, 0.05) is 25.6 Å². The van der Waals surface area contributed by atoms with Gasteiger partial charge in [-0.2, -0.15) is 0 Å². The quantitative estimate of drug-likeness (QED) is 0.862. The van der Waals surface area contributed by atoms with Crippen LogP contribution in [0.15, 0.2) is 4.79 Å². The number of H-pyrrole nitrogens is 1. The molecule has 0 saturated heterocycles. The monoisotopic (exact) mass is 334 g/mol. The van der Waals surface area contributed by atoms with Gasteiger partial charge >= 0.3 is 0 Å². The number of nitrogens with one attached hydrogen (secondary N) is 1.